The van der Waals surface area contributed by atoms with Gasteiger partial charge in [-0.25, -0.2) is 0 Å². The summed E-state index contributed by atoms with van der Waals surface area (Å²) in [4.78, 5) is 0. The molecule has 1 aromatic rings. The number of benzene rings is 1. The van der Waals surface area contributed by atoms with Crippen LogP contribution in [0.4, 0.5) is 13.2 Å². The van der Waals surface area contributed by atoms with Crippen LogP contribution in [0.3, 0.4) is 0 Å². The quantitative estimate of drug-likeness (QED) is 0.700. The molecule has 0 radical (unpaired) electrons. The summed E-state index contributed by atoms with van der Waals surface area (Å²) >= 11 is -0.0775. The molecule has 0 aliphatic carbocycles. The summed E-state index contributed by atoms with van der Waals surface area (Å²) in [6.45, 7) is 3.52. The van der Waals surface area contributed by atoms with E-state index in [0.29, 0.717) is 18.0 Å². The maximum Gasteiger partial charge on any atom is 0.441 e. The normalized spacial score (nSPS) is 11.5. The second kappa shape index (κ2) is 9.04. The zero-order chi connectivity index (χ0) is 15.7. The van der Waals surface area contributed by atoms with E-state index in [-0.39, 0.29) is 24.1 Å². The molecule has 1 rings (SSSR count). The van der Waals surface area contributed by atoms with Crippen LogP contribution in [0.25, 0.3) is 0 Å². The minimum Gasteiger partial charge on any atom is -0.497 e. The van der Waals surface area contributed by atoms with Crippen molar-refractivity contribution in [3.63, 3.8) is 0 Å². The van der Waals surface area contributed by atoms with Crippen LogP contribution in [0, 0.1) is 0 Å². The molecular formula is C14H20F3NO2S. The van der Waals surface area contributed by atoms with E-state index in [1.54, 1.807) is 19.2 Å². The monoisotopic (exact) mass is 323 g/mol. The first-order valence-corrected chi connectivity index (χ1v) is 7.66. The van der Waals surface area contributed by atoms with Gasteiger partial charge in [-0.05, 0) is 42.9 Å². The van der Waals surface area contributed by atoms with Gasteiger partial charge in [0.2, 0.25) is 0 Å². The Hall–Kier alpha value is -1.08. The molecule has 0 atom stereocenters. The van der Waals surface area contributed by atoms with E-state index >= 15 is 0 Å². The first kappa shape index (κ1) is 18.0. The molecule has 1 N–H and O–H groups in total. The van der Waals surface area contributed by atoms with E-state index in [2.05, 4.69) is 12.2 Å². The topological polar surface area (TPSA) is 30.5 Å². The molecule has 3 nitrogen and oxygen atoms in total. The standard InChI is InChI=1S/C14H20F3NO2S/c1-3-6-18-10-11-9-12(19-2)4-5-13(11)20-7-8-21-14(15,16)17/h4-5,9,18H,3,6-8,10H2,1-2H3. The number of rotatable bonds is 9. The lowest BCUT2D eigenvalue weighted by Gasteiger charge is -2.14. The van der Waals surface area contributed by atoms with Gasteiger partial charge in [-0.1, -0.05) is 6.92 Å². The van der Waals surface area contributed by atoms with Crippen LogP contribution in [0.5, 0.6) is 11.5 Å². The van der Waals surface area contributed by atoms with Crippen molar-refractivity contribution in [2.45, 2.75) is 25.4 Å². The molecule has 1 aromatic carbocycles. The molecule has 0 amide bonds. The van der Waals surface area contributed by atoms with Crippen molar-refractivity contribution in [2.75, 3.05) is 26.0 Å². The zero-order valence-electron chi connectivity index (χ0n) is 12.1. The van der Waals surface area contributed by atoms with E-state index in [0.717, 1.165) is 18.5 Å². The smallest absolute Gasteiger partial charge is 0.441 e. The summed E-state index contributed by atoms with van der Waals surface area (Å²) in [5, 5.41) is 3.24. The number of nitrogens with one attached hydrogen (secondary N) is 1. The second-order valence-corrected chi connectivity index (χ2v) is 5.45. The number of methoxy groups -OCH3 is 1. The SMILES string of the molecule is CCCNCc1cc(OC)ccc1OCCSC(F)(F)F. The number of hydrogen-bond donors (Lipinski definition) is 1. The molecule has 120 valence electrons. The number of alkyl halides is 3. The maximum atomic E-state index is 12.0. The van der Waals surface area contributed by atoms with E-state index in [9.17, 15) is 13.2 Å². The molecule has 0 heterocycles. The van der Waals surface area contributed by atoms with Gasteiger partial charge >= 0.3 is 5.51 Å². The second-order valence-electron chi connectivity index (χ2n) is 4.29. The number of ether oxygens (including phenoxy) is 2. The lowest BCUT2D eigenvalue weighted by molar-refractivity contribution is -0.0329. The summed E-state index contributed by atoms with van der Waals surface area (Å²) in [6, 6.07) is 5.28. The van der Waals surface area contributed by atoms with Crippen molar-refractivity contribution >= 4 is 11.8 Å². The molecule has 0 aromatic heterocycles. The first-order chi connectivity index (χ1) is 9.96. The van der Waals surface area contributed by atoms with Crippen molar-refractivity contribution in [1.82, 2.24) is 5.32 Å². The Morgan fingerprint density at radius 1 is 1.29 bits per heavy atom. The highest BCUT2D eigenvalue weighted by Gasteiger charge is 2.27. The van der Waals surface area contributed by atoms with Crippen molar-refractivity contribution < 1.29 is 22.6 Å². The first-order valence-electron chi connectivity index (χ1n) is 6.67. The fraction of sp³-hybridized carbons (Fsp3) is 0.571. The van der Waals surface area contributed by atoms with Gasteiger partial charge < -0.3 is 14.8 Å². The minimum atomic E-state index is -4.21. The van der Waals surface area contributed by atoms with Crippen molar-refractivity contribution in [3.05, 3.63) is 23.8 Å². The number of thioether (sulfide) groups is 1. The van der Waals surface area contributed by atoms with Crippen LogP contribution in [-0.4, -0.2) is 31.5 Å². The summed E-state index contributed by atoms with van der Waals surface area (Å²) in [6.07, 6.45) is 1.00. The van der Waals surface area contributed by atoms with Gasteiger partial charge in [0.15, 0.2) is 0 Å². The van der Waals surface area contributed by atoms with Crippen molar-refractivity contribution in [3.8, 4) is 11.5 Å². The largest absolute Gasteiger partial charge is 0.497 e. The average molecular weight is 323 g/mol. The molecule has 0 bridgehead atoms. The van der Waals surface area contributed by atoms with Gasteiger partial charge in [-0.2, -0.15) is 13.2 Å². The van der Waals surface area contributed by atoms with Crippen LogP contribution in [-0.2, 0) is 6.54 Å². The third kappa shape index (κ3) is 7.47. The fourth-order valence-corrected chi connectivity index (χ4v) is 2.07. The predicted molar refractivity (Wildman–Crippen MR) is 79.0 cm³/mol. The maximum absolute atomic E-state index is 12.0. The van der Waals surface area contributed by atoms with Gasteiger partial charge in [0.25, 0.3) is 0 Å². The average Bonchev–Trinajstić information content (AvgIpc) is 2.43. The fourth-order valence-electron chi connectivity index (χ4n) is 1.67. The predicted octanol–water partition coefficient (Wildman–Crippen LogP) is 3.83. The number of halogens is 3. The molecule has 0 saturated carbocycles. The molecular weight excluding hydrogens is 303 g/mol. The molecule has 0 spiro atoms. The van der Waals surface area contributed by atoms with Crippen LogP contribution in [0.1, 0.15) is 18.9 Å². The van der Waals surface area contributed by atoms with Crippen LogP contribution in [0.15, 0.2) is 18.2 Å². The molecule has 0 saturated heterocycles. The van der Waals surface area contributed by atoms with E-state index < -0.39 is 5.51 Å². The molecule has 7 heteroatoms. The third-order valence-electron chi connectivity index (χ3n) is 2.62. The highest BCUT2D eigenvalue weighted by molar-refractivity contribution is 8.00. The Bertz CT molecular complexity index is 427. The van der Waals surface area contributed by atoms with Gasteiger partial charge in [-0.3, -0.25) is 0 Å². The van der Waals surface area contributed by atoms with Crippen LogP contribution < -0.4 is 14.8 Å². The van der Waals surface area contributed by atoms with E-state index in [1.807, 2.05) is 6.07 Å². The molecule has 0 fully saturated rings. The Kier molecular flexibility index (Phi) is 7.74. The Morgan fingerprint density at radius 2 is 2.05 bits per heavy atom. The van der Waals surface area contributed by atoms with Crippen LogP contribution >= 0.6 is 11.8 Å². The Labute approximate surface area is 127 Å². The summed E-state index contributed by atoms with van der Waals surface area (Å²) in [5.41, 5.74) is -3.34. The summed E-state index contributed by atoms with van der Waals surface area (Å²) < 4.78 is 46.7. The lowest BCUT2D eigenvalue weighted by Crippen LogP contribution is -2.15. The van der Waals surface area contributed by atoms with Crippen LogP contribution in [0.2, 0.25) is 0 Å². The zero-order valence-corrected chi connectivity index (χ0v) is 12.9. The van der Waals surface area contributed by atoms with Gasteiger partial charge in [-0.15, -0.1) is 0 Å². The van der Waals surface area contributed by atoms with Gasteiger partial charge in [0, 0.05) is 17.9 Å². The van der Waals surface area contributed by atoms with E-state index in [1.165, 1.54) is 0 Å². The molecule has 0 aliphatic heterocycles. The highest BCUT2D eigenvalue weighted by Crippen LogP contribution is 2.30. The minimum absolute atomic E-state index is 0.0112. The number of hydrogen-bond acceptors (Lipinski definition) is 4. The Morgan fingerprint density at radius 3 is 2.67 bits per heavy atom. The summed E-state index contributed by atoms with van der Waals surface area (Å²) in [7, 11) is 1.57. The van der Waals surface area contributed by atoms with Gasteiger partial charge in [0.1, 0.15) is 11.5 Å². The molecule has 21 heavy (non-hydrogen) atoms. The lowest BCUT2D eigenvalue weighted by atomic mass is 10.2. The van der Waals surface area contributed by atoms with Crippen molar-refractivity contribution in [1.29, 1.82) is 0 Å². The van der Waals surface area contributed by atoms with Crippen molar-refractivity contribution in [2.24, 2.45) is 0 Å². The van der Waals surface area contributed by atoms with E-state index in [4.69, 9.17) is 9.47 Å². The van der Waals surface area contributed by atoms with Gasteiger partial charge in [0.05, 0.1) is 13.7 Å². The third-order valence-corrected chi connectivity index (χ3v) is 3.31. The molecule has 0 aliphatic rings. The highest BCUT2D eigenvalue weighted by atomic mass is 32.2. The molecule has 0 unspecified atom stereocenters. The summed E-state index contributed by atoms with van der Waals surface area (Å²) in [5.74, 6) is 1.15. The Balaban J connectivity index is 2.58.